The van der Waals surface area contributed by atoms with E-state index in [1.807, 2.05) is 31.2 Å². The number of hydrogen-bond donors (Lipinski definition) is 1. The Balaban J connectivity index is 1.83. The first kappa shape index (κ1) is 15.5. The Morgan fingerprint density at radius 3 is 2.67 bits per heavy atom. The predicted octanol–water partition coefficient (Wildman–Crippen LogP) is 3.20. The average Bonchev–Trinajstić information content (AvgIpc) is 2.61. The molecule has 3 rings (SSSR count). The summed E-state index contributed by atoms with van der Waals surface area (Å²) in [6.07, 6.45) is 1.43. The van der Waals surface area contributed by atoms with Crippen molar-refractivity contribution in [3.05, 3.63) is 81.8 Å². The summed E-state index contributed by atoms with van der Waals surface area (Å²) >= 11 is 0. The number of aromatic amines is 1. The Morgan fingerprint density at radius 1 is 1.17 bits per heavy atom. The summed E-state index contributed by atoms with van der Waals surface area (Å²) in [6, 6.07) is 16.6. The number of hydrogen-bond acceptors (Lipinski definition) is 4. The lowest BCUT2D eigenvalue weighted by atomic mass is 10.1. The molecular formula is C19H15N3O2. The third-order valence-electron chi connectivity index (χ3n) is 3.56. The summed E-state index contributed by atoms with van der Waals surface area (Å²) in [7, 11) is 0. The molecule has 1 aromatic heterocycles. The molecule has 24 heavy (non-hydrogen) atoms. The second kappa shape index (κ2) is 6.80. The van der Waals surface area contributed by atoms with E-state index in [-0.39, 0.29) is 5.56 Å². The maximum Gasteiger partial charge on any atom is 0.251 e. The molecule has 118 valence electrons. The van der Waals surface area contributed by atoms with Crippen molar-refractivity contribution in [1.82, 2.24) is 9.97 Å². The fourth-order valence-electron chi connectivity index (χ4n) is 2.25. The van der Waals surface area contributed by atoms with Gasteiger partial charge in [-0.25, -0.2) is 4.98 Å². The zero-order chi connectivity index (χ0) is 16.9. The van der Waals surface area contributed by atoms with Crippen LogP contribution in [0.1, 0.15) is 16.7 Å². The SMILES string of the molecule is Cc1ccc(COc2ccc(-c3nccc(=O)[nH]3)cc2C#N)cc1. The second-order valence-electron chi connectivity index (χ2n) is 5.38. The van der Waals surface area contributed by atoms with Gasteiger partial charge in [0, 0.05) is 17.8 Å². The van der Waals surface area contributed by atoms with Gasteiger partial charge in [0.05, 0.1) is 5.56 Å². The van der Waals surface area contributed by atoms with Gasteiger partial charge in [-0.15, -0.1) is 0 Å². The molecule has 0 aliphatic rings. The highest BCUT2D eigenvalue weighted by atomic mass is 16.5. The number of H-pyrrole nitrogens is 1. The van der Waals surface area contributed by atoms with Gasteiger partial charge in [-0.05, 0) is 30.7 Å². The minimum absolute atomic E-state index is 0.238. The predicted molar refractivity (Wildman–Crippen MR) is 90.5 cm³/mol. The number of nitrogens with zero attached hydrogens (tertiary/aromatic N) is 2. The summed E-state index contributed by atoms with van der Waals surface area (Å²) in [5.41, 5.74) is 3.03. The number of aryl methyl sites for hydroxylation is 1. The lowest BCUT2D eigenvalue weighted by Crippen LogP contribution is -2.06. The number of rotatable bonds is 4. The lowest BCUT2D eigenvalue weighted by molar-refractivity contribution is 0.305. The molecule has 0 amide bonds. The quantitative estimate of drug-likeness (QED) is 0.801. The van der Waals surface area contributed by atoms with Crippen LogP contribution < -0.4 is 10.3 Å². The molecular weight excluding hydrogens is 302 g/mol. The summed E-state index contributed by atoms with van der Waals surface area (Å²) in [5.74, 6) is 0.921. The van der Waals surface area contributed by atoms with Crippen LogP contribution in [0.25, 0.3) is 11.4 Å². The first-order valence-electron chi connectivity index (χ1n) is 7.44. The Bertz CT molecular complexity index is 953. The highest BCUT2D eigenvalue weighted by Gasteiger charge is 2.08. The van der Waals surface area contributed by atoms with E-state index in [1.165, 1.54) is 17.8 Å². The number of nitriles is 1. The van der Waals surface area contributed by atoms with Crippen molar-refractivity contribution in [2.24, 2.45) is 0 Å². The molecule has 0 saturated heterocycles. The van der Waals surface area contributed by atoms with Gasteiger partial charge >= 0.3 is 0 Å². The topological polar surface area (TPSA) is 78.8 Å². The Kier molecular flexibility index (Phi) is 4.39. The van der Waals surface area contributed by atoms with Crippen LogP contribution >= 0.6 is 0 Å². The maximum atomic E-state index is 11.4. The molecule has 0 bridgehead atoms. The van der Waals surface area contributed by atoms with Crippen LogP contribution in [0.2, 0.25) is 0 Å². The number of benzene rings is 2. The van der Waals surface area contributed by atoms with Crippen LogP contribution in [-0.2, 0) is 6.61 Å². The molecule has 0 saturated carbocycles. The van der Waals surface area contributed by atoms with Crippen LogP contribution in [0, 0.1) is 18.3 Å². The minimum atomic E-state index is -0.238. The van der Waals surface area contributed by atoms with E-state index in [1.54, 1.807) is 18.2 Å². The van der Waals surface area contributed by atoms with Gasteiger partial charge in [-0.2, -0.15) is 5.26 Å². The van der Waals surface area contributed by atoms with Gasteiger partial charge < -0.3 is 9.72 Å². The Hall–Kier alpha value is -3.39. The van der Waals surface area contributed by atoms with Crippen molar-refractivity contribution in [3.8, 4) is 23.2 Å². The summed E-state index contributed by atoms with van der Waals surface area (Å²) in [6.45, 7) is 2.41. The largest absolute Gasteiger partial charge is 0.488 e. The third kappa shape index (κ3) is 3.50. The molecule has 5 nitrogen and oxygen atoms in total. The lowest BCUT2D eigenvalue weighted by Gasteiger charge is -2.09. The van der Waals surface area contributed by atoms with Crippen LogP contribution in [0.5, 0.6) is 5.75 Å². The third-order valence-corrected chi connectivity index (χ3v) is 3.56. The van der Waals surface area contributed by atoms with Gasteiger partial charge in [-0.3, -0.25) is 4.79 Å². The van der Waals surface area contributed by atoms with Crippen LogP contribution in [0.3, 0.4) is 0 Å². The summed E-state index contributed by atoms with van der Waals surface area (Å²) in [4.78, 5) is 18.1. The number of nitrogens with one attached hydrogen (secondary N) is 1. The van der Waals surface area contributed by atoms with Gasteiger partial charge in [-0.1, -0.05) is 29.8 Å². The number of aromatic nitrogens is 2. The van der Waals surface area contributed by atoms with Crippen molar-refractivity contribution in [3.63, 3.8) is 0 Å². The van der Waals surface area contributed by atoms with Crippen LogP contribution in [0.4, 0.5) is 0 Å². The second-order valence-corrected chi connectivity index (χ2v) is 5.38. The molecule has 0 atom stereocenters. The normalized spacial score (nSPS) is 10.2. The molecule has 1 heterocycles. The van der Waals surface area contributed by atoms with E-state index in [4.69, 9.17) is 4.74 Å². The first-order chi connectivity index (χ1) is 11.7. The van der Waals surface area contributed by atoms with Crippen LogP contribution in [0.15, 0.2) is 59.5 Å². The van der Waals surface area contributed by atoms with Crippen molar-refractivity contribution >= 4 is 0 Å². The first-order valence-corrected chi connectivity index (χ1v) is 7.44. The van der Waals surface area contributed by atoms with E-state index < -0.39 is 0 Å². The fraction of sp³-hybridized carbons (Fsp3) is 0.105. The summed E-state index contributed by atoms with van der Waals surface area (Å²) < 4.78 is 5.75. The highest BCUT2D eigenvalue weighted by molar-refractivity contribution is 5.61. The molecule has 0 radical (unpaired) electrons. The van der Waals surface area contributed by atoms with Gasteiger partial charge in [0.15, 0.2) is 0 Å². The van der Waals surface area contributed by atoms with Gasteiger partial charge in [0.2, 0.25) is 0 Å². The van der Waals surface area contributed by atoms with E-state index in [9.17, 15) is 10.1 Å². The van der Waals surface area contributed by atoms with Crippen LogP contribution in [-0.4, -0.2) is 9.97 Å². The Labute approximate surface area is 139 Å². The maximum absolute atomic E-state index is 11.4. The average molecular weight is 317 g/mol. The molecule has 3 aromatic rings. The molecule has 0 fully saturated rings. The molecule has 5 heteroatoms. The van der Waals surface area contributed by atoms with Gasteiger partial charge in [0.1, 0.15) is 24.3 Å². The standard InChI is InChI=1S/C19H15N3O2/c1-13-2-4-14(5-3-13)12-24-17-7-6-15(10-16(17)11-20)19-21-9-8-18(23)22-19/h2-10H,12H2,1H3,(H,21,22,23). The fourth-order valence-corrected chi connectivity index (χ4v) is 2.25. The van der Waals surface area contributed by atoms with Crippen molar-refractivity contribution in [1.29, 1.82) is 5.26 Å². The zero-order valence-corrected chi connectivity index (χ0v) is 13.1. The van der Waals surface area contributed by atoms with Crippen molar-refractivity contribution in [2.75, 3.05) is 0 Å². The molecule has 0 aliphatic carbocycles. The molecule has 0 unspecified atom stereocenters. The Morgan fingerprint density at radius 2 is 1.96 bits per heavy atom. The zero-order valence-electron chi connectivity index (χ0n) is 13.1. The van der Waals surface area contributed by atoms with Gasteiger partial charge in [0.25, 0.3) is 5.56 Å². The van der Waals surface area contributed by atoms with E-state index >= 15 is 0 Å². The monoisotopic (exact) mass is 317 g/mol. The summed E-state index contributed by atoms with van der Waals surface area (Å²) in [5, 5.41) is 9.36. The van der Waals surface area contributed by atoms with E-state index in [0.717, 1.165) is 5.56 Å². The highest BCUT2D eigenvalue weighted by Crippen LogP contribution is 2.24. The number of ether oxygens (including phenoxy) is 1. The van der Waals surface area contributed by atoms with Crippen molar-refractivity contribution in [2.45, 2.75) is 13.5 Å². The molecule has 0 spiro atoms. The smallest absolute Gasteiger partial charge is 0.251 e. The minimum Gasteiger partial charge on any atom is -0.488 e. The molecule has 2 aromatic carbocycles. The van der Waals surface area contributed by atoms with Crippen molar-refractivity contribution < 1.29 is 4.74 Å². The van der Waals surface area contributed by atoms with E-state index in [2.05, 4.69) is 16.0 Å². The molecule has 1 N–H and O–H groups in total. The molecule has 0 aliphatic heterocycles. The van der Waals surface area contributed by atoms with E-state index in [0.29, 0.717) is 29.3 Å².